The van der Waals surface area contributed by atoms with Gasteiger partial charge in [-0.1, -0.05) is 0 Å². The van der Waals surface area contributed by atoms with Gasteiger partial charge in [-0.05, 0) is 31.7 Å². The second-order valence-electron chi connectivity index (χ2n) is 8.93. The Morgan fingerprint density at radius 3 is 2.64 bits per heavy atom. The Morgan fingerprint density at radius 1 is 1.15 bits per heavy atom. The maximum absolute atomic E-state index is 12.9. The summed E-state index contributed by atoms with van der Waals surface area (Å²) in [5, 5.41) is 0.827. The van der Waals surface area contributed by atoms with Gasteiger partial charge >= 0.3 is 0 Å². The van der Waals surface area contributed by atoms with E-state index in [9.17, 15) is 4.79 Å². The molecule has 0 atom stereocenters. The molecule has 9 heteroatoms. The summed E-state index contributed by atoms with van der Waals surface area (Å²) in [6.07, 6.45) is 11.4. The largest absolute Gasteiger partial charge is 0.474 e. The maximum atomic E-state index is 12.9. The molecular weight excluding hydrogens is 420 g/mol. The van der Waals surface area contributed by atoms with Crippen LogP contribution in [-0.2, 0) is 4.74 Å². The van der Waals surface area contributed by atoms with Crippen LogP contribution in [0.5, 0.6) is 5.88 Å². The van der Waals surface area contributed by atoms with Crippen LogP contribution in [0.15, 0.2) is 37.1 Å². The summed E-state index contributed by atoms with van der Waals surface area (Å²) in [7, 11) is 3.48. The number of rotatable bonds is 5. The van der Waals surface area contributed by atoms with Crippen molar-refractivity contribution in [1.29, 1.82) is 0 Å². The predicted molar refractivity (Wildman–Crippen MR) is 125 cm³/mol. The highest BCUT2D eigenvalue weighted by Gasteiger charge is 2.26. The molecule has 3 aromatic heterocycles. The third-order valence-corrected chi connectivity index (χ3v) is 6.49. The number of hydrogen-bond donors (Lipinski definition) is 0. The molecule has 2 fully saturated rings. The molecule has 3 aromatic rings. The molecule has 1 aliphatic carbocycles. The predicted octanol–water partition coefficient (Wildman–Crippen LogP) is 2.93. The first-order valence-electron chi connectivity index (χ1n) is 11.6. The summed E-state index contributed by atoms with van der Waals surface area (Å²) in [4.78, 5) is 30.3. The molecule has 1 saturated carbocycles. The number of amides is 1. The molecule has 0 N–H and O–H groups in total. The number of ether oxygens (including phenoxy) is 2. The van der Waals surface area contributed by atoms with Crippen LogP contribution in [0.4, 0.5) is 5.82 Å². The van der Waals surface area contributed by atoms with Crippen LogP contribution in [0.3, 0.4) is 0 Å². The normalized spacial score (nSPS) is 21.2. The van der Waals surface area contributed by atoms with Gasteiger partial charge in [0.25, 0.3) is 5.91 Å². The zero-order valence-corrected chi connectivity index (χ0v) is 19.2. The lowest BCUT2D eigenvalue weighted by Gasteiger charge is -2.30. The minimum Gasteiger partial charge on any atom is -0.474 e. The number of hydrogen-bond acceptors (Lipinski definition) is 7. The van der Waals surface area contributed by atoms with E-state index in [4.69, 9.17) is 14.5 Å². The molecule has 0 aromatic carbocycles. The third kappa shape index (κ3) is 4.64. The molecule has 4 heterocycles. The van der Waals surface area contributed by atoms with Crippen molar-refractivity contribution in [3.05, 3.63) is 42.6 Å². The minimum atomic E-state index is -0.122. The van der Waals surface area contributed by atoms with E-state index >= 15 is 0 Å². The van der Waals surface area contributed by atoms with Crippen LogP contribution < -0.4 is 9.64 Å². The Hall–Kier alpha value is -3.20. The molecule has 0 unspecified atom stereocenters. The summed E-state index contributed by atoms with van der Waals surface area (Å²) >= 11 is 0. The van der Waals surface area contributed by atoms with Crippen LogP contribution in [0.25, 0.3) is 10.9 Å². The van der Waals surface area contributed by atoms with E-state index in [-0.39, 0.29) is 12.0 Å². The fraction of sp³-hybridized carbons (Fsp3) is 0.500. The average molecular weight is 451 g/mol. The van der Waals surface area contributed by atoms with E-state index in [0.29, 0.717) is 30.7 Å². The van der Waals surface area contributed by atoms with Crippen LogP contribution in [0.2, 0.25) is 0 Å². The summed E-state index contributed by atoms with van der Waals surface area (Å²) in [5.74, 6) is 1.16. The van der Waals surface area contributed by atoms with Gasteiger partial charge in [-0.15, -0.1) is 0 Å². The lowest BCUT2D eigenvalue weighted by Crippen LogP contribution is -2.36. The number of carbonyl (C=O) groups excluding carboxylic acids is 1. The fourth-order valence-electron chi connectivity index (χ4n) is 4.59. The van der Waals surface area contributed by atoms with Gasteiger partial charge in [0.15, 0.2) is 0 Å². The number of aromatic nitrogens is 4. The van der Waals surface area contributed by atoms with Crippen molar-refractivity contribution in [2.24, 2.45) is 0 Å². The zero-order chi connectivity index (χ0) is 22.8. The second kappa shape index (κ2) is 9.35. The number of morpholine rings is 1. The molecule has 9 nitrogen and oxygen atoms in total. The Balaban J connectivity index is 1.40. The number of pyridine rings is 2. The van der Waals surface area contributed by atoms with E-state index in [0.717, 1.165) is 55.5 Å². The van der Waals surface area contributed by atoms with Gasteiger partial charge in [0.2, 0.25) is 5.88 Å². The SMILES string of the molecule is CN(C)C(=O)c1cc2cnc(N3CCOCC3)cc2nc1OC1CCC(n2ccnc2)CC1. The number of imidazole rings is 1. The smallest absolute Gasteiger partial charge is 0.258 e. The van der Waals surface area contributed by atoms with Gasteiger partial charge in [0, 0.05) is 63.3 Å². The highest BCUT2D eigenvalue weighted by Crippen LogP contribution is 2.33. The highest BCUT2D eigenvalue weighted by molar-refractivity contribution is 5.99. The van der Waals surface area contributed by atoms with E-state index < -0.39 is 0 Å². The van der Waals surface area contributed by atoms with E-state index in [1.165, 1.54) is 0 Å². The Labute approximate surface area is 193 Å². The molecule has 0 spiro atoms. The van der Waals surface area contributed by atoms with Crippen LogP contribution in [-0.4, -0.2) is 76.8 Å². The third-order valence-electron chi connectivity index (χ3n) is 6.49. The first-order chi connectivity index (χ1) is 16.1. The van der Waals surface area contributed by atoms with Gasteiger partial charge in [-0.25, -0.2) is 15.0 Å². The molecule has 2 aliphatic rings. The first kappa shape index (κ1) is 21.6. The second-order valence-corrected chi connectivity index (χ2v) is 8.93. The van der Waals surface area contributed by atoms with Crippen molar-refractivity contribution in [2.45, 2.75) is 37.8 Å². The van der Waals surface area contributed by atoms with Gasteiger partial charge in [0.1, 0.15) is 17.5 Å². The zero-order valence-electron chi connectivity index (χ0n) is 19.2. The fourth-order valence-corrected chi connectivity index (χ4v) is 4.59. The minimum absolute atomic E-state index is 0.0315. The number of anilines is 1. The molecular formula is C24H30N6O3. The molecule has 174 valence electrons. The number of carbonyl (C=O) groups is 1. The molecule has 1 amide bonds. The molecule has 0 bridgehead atoms. The van der Waals surface area contributed by atoms with Crippen molar-refractivity contribution < 1.29 is 14.3 Å². The average Bonchev–Trinajstić information content (AvgIpc) is 3.39. The van der Waals surface area contributed by atoms with Crippen LogP contribution in [0.1, 0.15) is 42.1 Å². The monoisotopic (exact) mass is 450 g/mol. The topological polar surface area (TPSA) is 85.6 Å². The van der Waals surface area contributed by atoms with Crippen molar-refractivity contribution in [3.8, 4) is 5.88 Å². The van der Waals surface area contributed by atoms with Crippen LogP contribution in [0, 0.1) is 0 Å². The van der Waals surface area contributed by atoms with Crippen molar-refractivity contribution in [2.75, 3.05) is 45.3 Å². The maximum Gasteiger partial charge on any atom is 0.258 e. The Kier molecular flexibility index (Phi) is 6.13. The summed E-state index contributed by atoms with van der Waals surface area (Å²) in [5.41, 5.74) is 1.26. The molecule has 33 heavy (non-hydrogen) atoms. The van der Waals surface area contributed by atoms with E-state index in [1.54, 1.807) is 25.2 Å². The first-order valence-corrected chi connectivity index (χ1v) is 11.6. The van der Waals surface area contributed by atoms with Crippen molar-refractivity contribution >= 4 is 22.6 Å². The number of fused-ring (bicyclic) bond motifs is 1. The quantitative estimate of drug-likeness (QED) is 0.591. The highest BCUT2D eigenvalue weighted by atomic mass is 16.5. The molecule has 1 saturated heterocycles. The van der Waals surface area contributed by atoms with Crippen molar-refractivity contribution in [3.63, 3.8) is 0 Å². The number of nitrogens with zero attached hydrogens (tertiary/aromatic N) is 6. The summed E-state index contributed by atoms with van der Waals surface area (Å²) in [6, 6.07) is 4.28. The summed E-state index contributed by atoms with van der Waals surface area (Å²) < 4.78 is 14.0. The van der Waals surface area contributed by atoms with Gasteiger partial charge < -0.3 is 23.8 Å². The Morgan fingerprint density at radius 2 is 1.94 bits per heavy atom. The molecule has 1 aliphatic heterocycles. The van der Waals surface area contributed by atoms with E-state index in [2.05, 4.69) is 19.4 Å². The van der Waals surface area contributed by atoms with Gasteiger partial charge in [-0.3, -0.25) is 4.79 Å². The molecule has 0 radical (unpaired) electrons. The summed E-state index contributed by atoms with van der Waals surface area (Å²) in [6.45, 7) is 3.00. The lowest BCUT2D eigenvalue weighted by atomic mass is 9.93. The van der Waals surface area contributed by atoms with Crippen molar-refractivity contribution in [1.82, 2.24) is 24.4 Å². The molecule has 5 rings (SSSR count). The van der Waals surface area contributed by atoms with Gasteiger partial charge in [-0.2, -0.15) is 0 Å². The lowest BCUT2D eigenvalue weighted by molar-refractivity contribution is 0.0810. The van der Waals surface area contributed by atoms with Crippen LogP contribution >= 0.6 is 0 Å². The Bertz CT molecular complexity index is 1100. The van der Waals surface area contributed by atoms with E-state index in [1.807, 2.05) is 30.9 Å². The standard InChI is InChI=1S/C24H30N6O3/c1-28(2)24(31)20-13-17-15-26-22(29-9-11-32-12-10-29)14-21(17)27-23(20)33-19-5-3-18(4-6-19)30-8-7-25-16-30/h7-8,13-16,18-19H,3-6,9-12H2,1-2H3. The van der Waals surface area contributed by atoms with Gasteiger partial charge in [0.05, 0.1) is 25.1 Å².